The molecule has 0 N–H and O–H groups in total. The monoisotopic (exact) mass is 330 g/mol. The Morgan fingerprint density at radius 3 is 2.87 bits per heavy atom. The summed E-state index contributed by atoms with van der Waals surface area (Å²) in [6.45, 7) is 4.89. The number of nitrogens with zero attached hydrogens (tertiary/aromatic N) is 4. The molecule has 0 atom stereocenters. The van der Waals surface area contributed by atoms with Crippen LogP contribution in [-0.2, 0) is 0 Å². The fraction of sp³-hybridized carbons (Fsp3) is 0.353. The van der Waals surface area contributed by atoms with Gasteiger partial charge in [-0.25, -0.2) is 4.98 Å². The van der Waals surface area contributed by atoms with Gasteiger partial charge < -0.3 is 9.80 Å². The first-order valence-corrected chi connectivity index (χ1v) is 8.09. The quantitative estimate of drug-likeness (QED) is 0.849. The second-order valence-corrected chi connectivity index (χ2v) is 6.10. The highest BCUT2D eigenvalue weighted by Crippen LogP contribution is 2.23. The van der Waals surface area contributed by atoms with Gasteiger partial charge in [0.1, 0.15) is 5.82 Å². The summed E-state index contributed by atoms with van der Waals surface area (Å²) in [6.07, 6.45) is 6.02. The predicted octanol–water partition coefficient (Wildman–Crippen LogP) is 2.79. The molecule has 1 amide bonds. The fourth-order valence-electron chi connectivity index (χ4n) is 2.80. The molecule has 120 valence electrons. The normalized spacial score (nSPS) is 15.4. The summed E-state index contributed by atoms with van der Waals surface area (Å²) in [5.74, 6) is 0.829. The van der Waals surface area contributed by atoms with E-state index in [0.717, 1.165) is 37.4 Å². The molecule has 2 aromatic heterocycles. The standard InChI is InChI=1S/C17H19ClN4O/c1-13-10-14(12-19-11-13)17(23)22-7-3-6-21(8-9-22)16-15(18)4-2-5-20-16/h2,4-5,10-12H,3,6-9H2,1H3. The van der Waals surface area contributed by atoms with Gasteiger partial charge in [0.2, 0.25) is 0 Å². The van der Waals surface area contributed by atoms with Crippen LogP contribution in [0.3, 0.4) is 0 Å². The molecule has 0 bridgehead atoms. The lowest BCUT2D eigenvalue weighted by molar-refractivity contribution is 0.0766. The summed E-state index contributed by atoms with van der Waals surface area (Å²) in [7, 11) is 0. The van der Waals surface area contributed by atoms with Crippen molar-refractivity contribution in [3.8, 4) is 0 Å². The number of amides is 1. The molecular weight excluding hydrogens is 312 g/mol. The first-order valence-electron chi connectivity index (χ1n) is 7.71. The van der Waals surface area contributed by atoms with Crippen LogP contribution in [0.5, 0.6) is 0 Å². The van der Waals surface area contributed by atoms with Gasteiger partial charge in [0.05, 0.1) is 10.6 Å². The number of aromatic nitrogens is 2. The van der Waals surface area contributed by atoms with E-state index in [9.17, 15) is 4.79 Å². The number of aryl methyl sites for hydroxylation is 1. The molecule has 6 heteroatoms. The third-order valence-electron chi connectivity index (χ3n) is 3.94. The summed E-state index contributed by atoms with van der Waals surface area (Å²) in [5.41, 5.74) is 1.64. The third-order valence-corrected chi connectivity index (χ3v) is 4.24. The zero-order chi connectivity index (χ0) is 16.2. The molecule has 3 rings (SSSR count). The summed E-state index contributed by atoms with van der Waals surface area (Å²) >= 11 is 6.23. The molecule has 1 aliphatic rings. The average molecular weight is 331 g/mol. The smallest absolute Gasteiger partial charge is 0.255 e. The van der Waals surface area contributed by atoms with Gasteiger partial charge in [0.15, 0.2) is 0 Å². The molecule has 2 aromatic rings. The lowest BCUT2D eigenvalue weighted by atomic mass is 10.2. The van der Waals surface area contributed by atoms with Crippen molar-refractivity contribution in [2.24, 2.45) is 0 Å². The number of hydrogen-bond donors (Lipinski definition) is 0. The lowest BCUT2D eigenvalue weighted by Crippen LogP contribution is -2.35. The SMILES string of the molecule is Cc1cncc(C(=O)N2CCCN(c3ncccc3Cl)CC2)c1. The van der Waals surface area contributed by atoms with Crippen LogP contribution < -0.4 is 4.90 Å². The molecule has 1 fully saturated rings. The van der Waals surface area contributed by atoms with Crippen LogP contribution in [0.15, 0.2) is 36.8 Å². The maximum atomic E-state index is 12.6. The molecular formula is C17H19ClN4O. The number of rotatable bonds is 2. The van der Waals surface area contributed by atoms with E-state index in [-0.39, 0.29) is 5.91 Å². The van der Waals surface area contributed by atoms with Crippen LogP contribution in [0, 0.1) is 6.92 Å². The molecule has 0 saturated carbocycles. The van der Waals surface area contributed by atoms with Crippen molar-refractivity contribution in [1.82, 2.24) is 14.9 Å². The van der Waals surface area contributed by atoms with Crippen LogP contribution in [0.4, 0.5) is 5.82 Å². The zero-order valence-electron chi connectivity index (χ0n) is 13.1. The van der Waals surface area contributed by atoms with Gasteiger partial charge in [-0.05, 0) is 37.1 Å². The van der Waals surface area contributed by atoms with Gasteiger partial charge in [-0.3, -0.25) is 9.78 Å². The van der Waals surface area contributed by atoms with Crippen LogP contribution in [0.1, 0.15) is 22.3 Å². The van der Waals surface area contributed by atoms with Crippen molar-refractivity contribution in [1.29, 1.82) is 0 Å². The number of hydrogen-bond acceptors (Lipinski definition) is 4. The van der Waals surface area contributed by atoms with E-state index < -0.39 is 0 Å². The fourth-order valence-corrected chi connectivity index (χ4v) is 3.04. The van der Waals surface area contributed by atoms with Crippen molar-refractivity contribution in [3.63, 3.8) is 0 Å². The largest absolute Gasteiger partial charge is 0.354 e. The van der Waals surface area contributed by atoms with Crippen molar-refractivity contribution >= 4 is 23.3 Å². The lowest BCUT2D eigenvalue weighted by Gasteiger charge is -2.23. The molecule has 3 heterocycles. The van der Waals surface area contributed by atoms with Gasteiger partial charge in [0, 0.05) is 44.8 Å². The minimum Gasteiger partial charge on any atom is -0.354 e. The average Bonchev–Trinajstić information content (AvgIpc) is 2.80. The third kappa shape index (κ3) is 3.62. The molecule has 0 radical (unpaired) electrons. The Balaban J connectivity index is 1.71. The van der Waals surface area contributed by atoms with E-state index in [2.05, 4.69) is 14.9 Å². The van der Waals surface area contributed by atoms with Crippen LogP contribution in [0.2, 0.25) is 5.02 Å². The Hall–Kier alpha value is -2.14. The molecule has 1 aliphatic heterocycles. The predicted molar refractivity (Wildman–Crippen MR) is 91.0 cm³/mol. The van der Waals surface area contributed by atoms with E-state index in [1.165, 1.54) is 0 Å². The van der Waals surface area contributed by atoms with E-state index >= 15 is 0 Å². The highest BCUT2D eigenvalue weighted by molar-refractivity contribution is 6.32. The number of carbonyl (C=O) groups excluding carboxylic acids is 1. The first kappa shape index (κ1) is 15.7. The van der Waals surface area contributed by atoms with E-state index in [0.29, 0.717) is 17.1 Å². The first-order chi connectivity index (χ1) is 11.1. The van der Waals surface area contributed by atoms with Crippen molar-refractivity contribution in [3.05, 3.63) is 52.9 Å². The molecule has 0 aliphatic carbocycles. The molecule has 0 spiro atoms. The minimum absolute atomic E-state index is 0.0372. The molecule has 23 heavy (non-hydrogen) atoms. The minimum atomic E-state index is 0.0372. The van der Waals surface area contributed by atoms with Crippen molar-refractivity contribution in [2.45, 2.75) is 13.3 Å². The number of pyridine rings is 2. The number of carbonyl (C=O) groups is 1. The maximum Gasteiger partial charge on any atom is 0.255 e. The highest BCUT2D eigenvalue weighted by Gasteiger charge is 2.22. The Morgan fingerprint density at radius 2 is 2.09 bits per heavy atom. The second-order valence-electron chi connectivity index (χ2n) is 5.69. The molecule has 1 saturated heterocycles. The molecule has 0 unspecified atom stereocenters. The number of anilines is 1. The topological polar surface area (TPSA) is 49.3 Å². The Morgan fingerprint density at radius 1 is 1.22 bits per heavy atom. The van der Waals surface area contributed by atoms with Crippen LogP contribution >= 0.6 is 11.6 Å². The van der Waals surface area contributed by atoms with Gasteiger partial charge in [-0.1, -0.05) is 11.6 Å². The Labute approximate surface area is 140 Å². The van der Waals surface area contributed by atoms with E-state index in [1.807, 2.05) is 30.0 Å². The summed E-state index contributed by atoms with van der Waals surface area (Å²) in [4.78, 5) is 25.1. The van der Waals surface area contributed by atoms with Crippen LogP contribution in [0.25, 0.3) is 0 Å². The summed E-state index contributed by atoms with van der Waals surface area (Å²) in [5, 5.41) is 0.648. The van der Waals surface area contributed by atoms with Gasteiger partial charge >= 0.3 is 0 Å². The molecule has 5 nitrogen and oxygen atoms in total. The Kier molecular flexibility index (Phi) is 4.76. The Bertz CT molecular complexity index is 706. The van der Waals surface area contributed by atoms with Gasteiger partial charge in [0.25, 0.3) is 5.91 Å². The highest BCUT2D eigenvalue weighted by atomic mass is 35.5. The second kappa shape index (κ2) is 6.96. The van der Waals surface area contributed by atoms with Gasteiger partial charge in [-0.2, -0.15) is 0 Å². The van der Waals surface area contributed by atoms with E-state index in [1.54, 1.807) is 18.6 Å². The van der Waals surface area contributed by atoms with Crippen molar-refractivity contribution in [2.75, 3.05) is 31.1 Å². The van der Waals surface area contributed by atoms with Gasteiger partial charge in [-0.15, -0.1) is 0 Å². The summed E-state index contributed by atoms with van der Waals surface area (Å²) in [6, 6.07) is 5.55. The zero-order valence-corrected chi connectivity index (χ0v) is 13.8. The van der Waals surface area contributed by atoms with Crippen LogP contribution in [-0.4, -0.2) is 47.0 Å². The number of halogens is 1. The van der Waals surface area contributed by atoms with E-state index in [4.69, 9.17) is 11.6 Å². The van der Waals surface area contributed by atoms with Crippen molar-refractivity contribution < 1.29 is 4.79 Å². The molecule has 0 aromatic carbocycles. The maximum absolute atomic E-state index is 12.6. The summed E-state index contributed by atoms with van der Waals surface area (Å²) < 4.78 is 0.